The fourth-order valence-electron chi connectivity index (χ4n) is 3.62. The average Bonchev–Trinajstić information content (AvgIpc) is 2.73. The van der Waals surface area contributed by atoms with E-state index in [9.17, 15) is 14.4 Å². The summed E-state index contributed by atoms with van der Waals surface area (Å²) in [7, 11) is 0. The lowest BCUT2D eigenvalue weighted by Crippen LogP contribution is -2.40. The van der Waals surface area contributed by atoms with E-state index < -0.39 is 23.1 Å². The molecule has 0 bridgehead atoms. The van der Waals surface area contributed by atoms with Crippen molar-refractivity contribution in [2.24, 2.45) is 0 Å². The lowest BCUT2D eigenvalue weighted by molar-refractivity contribution is -0.154. The lowest BCUT2D eigenvalue weighted by atomic mass is 9.92. The minimum atomic E-state index is -0.748. The third kappa shape index (κ3) is 7.79. The molecule has 0 aliphatic heterocycles. The standard InChI is InChI=1S/C26H30O7/c1-7-18-15-21(13-14-22(18)30-17-27)31-24(29)19-9-11-20(12-10-19)32-25(3,4)16-26(5,6)33-23(28)8-2/h8-15,17H,2,7,16H2,1,3-6H3. The van der Waals surface area contributed by atoms with E-state index in [0.717, 1.165) is 11.6 Å². The Labute approximate surface area is 194 Å². The molecule has 0 atom stereocenters. The first-order chi connectivity index (χ1) is 15.5. The van der Waals surface area contributed by atoms with Gasteiger partial charge in [0.05, 0.1) is 5.56 Å². The molecule has 176 valence electrons. The van der Waals surface area contributed by atoms with Crippen molar-refractivity contribution in [2.75, 3.05) is 0 Å². The van der Waals surface area contributed by atoms with Crippen LogP contribution in [0, 0.1) is 0 Å². The highest BCUT2D eigenvalue weighted by atomic mass is 16.6. The number of hydrogen-bond acceptors (Lipinski definition) is 7. The molecule has 7 nitrogen and oxygen atoms in total. The van der Waals surface area contributed by atoms with Crippen molar-refractivity contribution < 1.29 is 33.3 Å². The van der Waals surface area contributed by atoms with Crippen molar-refractivity contribution in [1.29, 1.82) is 0 Å². The maximum absolute atomic E-state index is 12.5. The molecule has 2 rings (SSSR count). The predicted molar refractivity (Wildman–Crippen MR) is 124 cm³/mol. The van der Waals surface area contributed by atoms with E-state index in [1.165, 1.54) is 0 Å². The zero-order valence-corrected chi connectivity index (χ0v) is 19.7. The second kappa shape index (κ2) is 10.8. The van der Waals surface area contributed by atoms with Crippen LogP contribution >= 0.6 is 0 Å². The second-order valence-corrected chi connectivity index (χ2v) is 8.67. The first-order valence-electron chi connectivity index (χ1n) is 10.6. The van der Waals surface area contributed by atoms with Crippen LogP contribution in [0.4, 0.5) is 0 Å². The van der Waals surface area contributed by atoms with E-state index >= 15 is 0 Å². The quantitative estimate of drug-likeness (QED) is 0.203. The maximum atomic E-state index is 12.5. The van der Waals surface area contributed by atoms with E-state index in [1.807, 2.05) is 20.8 Å². The number of hydrogen-bond donors (Lipinski definition) is 0. The van der Waals surface area contributed by atoms with Crippen LogP contribution in [-0.4, -0.2) is 29.6 Å². The molecule has 0 aromatic heterocycles. The summed E-state index contributed by atoms with van der Waals surface area (Å²) in [6, 6.07) is 11.4. The van der Waals surface area contributed by atoms with Crippen LogP contribution in [-0.2, 0) is 20.7 Å². The van der Waals surface area contributed by atoms with Crippen LogP contribution in [0.25, 0.3) is 0 Å². The largest absolute Gasteiger partial charge is 0.488 e. The first kappa shape index (κ1) is 25.6. The smallest absolute Gasteiger partial charge is 0.343 e. The van der Waals surface area contributed by atoms with Crippen molar-refractivity contribution >= 4 is 18.4 Å². The molecule has 33 heavy (non-hydrogen) atoms. The molecule has 0 fully saturated rings. The van der Waals surface area contributed by atoms with Gasteiger partial charge in [-0.1, -0.05) is 13.5 Å². The first-order valence-corrected chi connectivity index (χ1v) is 10.6. The third-order valence-electron chi connectivity index (χ3n) is 4.68. The van der Waals surface area contributed by atoms with Gasteiger partial charge in [-0.2, -0.15) is 0 Å². The summed E-state index contributed by atoms with van der Waals surface area (Å²) in [6.07, 6.45) is 2.18. The Balaban J connectivity index is 2.04. The summed E-state index contributed by atoms with van der Waals surface area (Å²) >= 11 is 0. The van der Waals surface area contributed by atoms with Gasteiger partial charge in [0.2, 0.25) is 0 Å². The summed E-state index contributed by atoms with van der Waals surface area (Å²) < 4.78 is 21.8. The SMILES string of the molecule is C=CC(=O)OC(C)(C)CC(C)(C)Oc1ccc(C(=O)Oc2ccc(OC=O)c(CC)c2)cc1. The highest BCUT2D eigenvalue weighted by Gasteiger charge is 2.33. The van der Waals surface area contributed by atoms with Gasteiger partial charge in [-0.05, 0) is 82.1 Å². The number of ether oxygens (including phenoxy) is 4. The van der Waals surface area contributed by atoms with Gasteiger partial charge >= 0.3 is 11.9 Å². The van der Waals surface area contributed by atoms with E-state index in [1.54, 1.807) is 56.3 Å². The van der Waals surface area contributed by atoms with Crippen LogP contribution < -0.4 is 14.2 Å². The number of aryl methyl sites for hydroxylation is 1. The molecule has 0 N–H and O–H groups in total. The van der Waals surface area contributed by atoms with Crippen molar-refractivity contribution in [3.05, 3.63) is 66.2 Å². The number of carbonyl (C=O) groups excluding carboxylic acids is 3. The molecule has 2 aromatic carbocycles. The molecule has 0 radical (unpaired) electrons. The number of esters is 2. The topological polar surface area (TPSA) is 88.1 Å². The molecule has 0 spiro atoms. The van der Waals surface area contributed by atoms with Gasteiger partial charge < -0.3 is 18.9 Å². The van der Waals surface area contributed by atoms with E-state index in [2.05, 4.69) is 6.58 Å². The second-order valence-electron chi connectivity index (χ2n) is 8.67. The van der Waals surface area contributed by atoms with Gasteiger partial charge in [-0.25, -0.2) is 9.59 Å². The van der Waals surface area contributed by atoms with Gasteiger partial charge in [0.25, 0.3) is 6.47 Å². The minimum Gasteiger partial charge on any atom is -0.488 e. The fraction of sp³-hybridized carbons (Fsp3) is 0.346. The van der Waals surface area contributed by atoms with Crippen molar-refractivity contribution in [2.45, 2.75) is 58.7 Å². The zero-order chi connectivity index (χ0) is 24.6. The van der Waals surface area contributed by atoms with E-state index in [-0.39, 0.29) is 0 Å². The molecule has 7 heteroatoms. The van der Waals surface area contributed by atoms with Crippen molar-refractivity contribution in [3.8, 4) is 17.2 Å². The number of carbonyl (C=O) groups is 3. The molecule has 0 heterocycles. The van der Waals surface area contributed by atoms with Gasteiger partial charge in [0.15, 0.2) is 0 Å². The van der Waals surface area contributed by atoms with Crippen LogP contribution in [0.2, 0.25) is 0 Å². The Kier molecular flexibility index (Phi) is 8.40. The van der Waals surface area contributed by atoms with Crippen LogP contribution in [0.15, 0.2) is 55.1 Å². The van der Waals surface area contributed by atoms with Crippen LogP contribution in [0.1, 0.15) is 57.0 Å². The van der Waals surface area contributed by atoms with Crippen LogP contribution in [0.3, 0.4) is 0 Å². The third-order valence-corrected chi connectivity index (χ3v) is 4.68. The monoisotopic (exact) mass is 454 g/mol. The summed E-state index contributed by atoms with van der Waals surface area (Å²) in [4.78, 5) is 34.7. The Morgan fingerprint density at radius 2 is 1.61 bits per heavy atom. The fourth-order valence-corrected chi connectivity index (χ4v) is 3.62. The van der Waals surface area contributed by atoms with E-state index in [0.29, 0.717) is 42.1 Å². The van der Waals surface area contributed by atoms with Gasteiger partial charge in [0.1, 0.15) is 28.5 Å². The average molecular weight is 455 g/mol. The van der Waals surface area contributed by atoms with Gasteiger partial charge in [-0.3, -0.25) is 4.79 Å². The Hall–Kier alpha value is -3.61. The molecular formula is C26H30O7. The molecule has 0 saturated heterocycles. The molecule has 0 aliphatic carbocycles. The lowest BCUT2D eigenvalue weighted by Gasteiger charge is -2.34. The minimum absolute atomic E-state index is 0.353. The molecule has 2 aromatic rings. The molecule has 0 saturated carbocycles. The van der Waals surface area contributed by atoms with Crippen molar-refractivity contribution in [1.82, 2.24) is 0 Å². The summed E-state index contributed by atoms with van der Waals surface area (Å²) in [5.74, 6) is 0.331. The Morgan fingerprint density at radius 3 is 2.18 bits per heavy atom. The maximum Gasteiger partial charge on any atom is 0.343 e. The zero-order valence-electron chi connectivity index (χ0n) is 19.7. The number of rotatable bonds is 11. The molecule has 0 aliphatic rings. The molecular weight excluding hydrogens is 424 g/mol. The molecule has 0 amide bonds. The normalized spacial score (nSPS) is 11.3. The highest BCUT2D eigenvalue weighted by molar-refractivity contribution is 5.91. The van der Waals surface area contributed by atoms with E-state index in [4.69, 9.17) is 18.9 Å². The Morgan fingerprint density at radius 1 is 0.970 bits per heavy atom. The van der Waals surface area contributed by atoms with Crippen molar-refractivity contribution in [3.63, 3.8) is 0 Å². The van der Waals surface area contributed by atoms with Gasteiger partial charge in [-0.15, -0.1) is 0 Å². The predicted octanol–water partition coefficient (Wildman–Crippen LogP) is 5.06. The molecule has 0 unspecified atom stereocenters. The summed E-state index contributed by atoms with van der Waals surface area (Å²) in [5, 5.41) is 0. The van der Waals surface area contributed by atoms with Crippen LogP contribution in [0.5, 0.6) is 17.2 Å². The Bertz CT molecular complexity index is 1000. The van der Waals surface area contributed by atoms with Gasteiger partial charge in [0, 0.05) is 12.5 Å². The summed E-state index contributed by atoms with van der Waals surface area (Å²) in [6.45, 7) is 13.1. The highest BCUT2D eigenvalue weighted by Crippen LogP contribution is 2.29. The number of benzene rings is 2. The summed E-state index contributed by atoms with van der Waals surface area (Å²) in [5.41, 5.74) is -0.288.